The Labute approximate surface area is 202 Å². The van der Waals surface area contributed by atoms with E-state index in [2.05, 4.69) is 39.1 Å². The number of piperidine rings is 1. The van der Waals surface area contributed by atoms with Crippen LogP contribution in [0.4, 0.5) is 10.7 Å². The van der Waals surface area contributed by atoms with Crippen LogP contribution in [-0.4, -0.2) is 64.3 Å². The molecule has 1 amide bonds. The fourth-order valence-corrected chi connectivity index (χ4v) is 4.13. The number of carbonyl (C=O) groups is 2. The Morgan fingerprint density at radius 2 is 1.85 bits per heavy atom. The minimum absolute atomic E-state index is 0.114. The number of carboxylic acids is 1. The Balaban J connectivity index is 1.58. The van der Waals surface area contributed by atoms with Gasteiger partial charge < -0.3 is 19.6 Å². The number of carbonyl (C=O) groups excluding carboxylic acids is 1. The monoisotopic (exact) mass is 468 g/mol. The third-order valence-electron chi connectivity index (χ3n) is 5.96. The fraction of sp³-hybridized carbons (Fsp3) is 0.538. The average molecular weight is 469 g/mol. The summed E-state index contributed by atoms with van der Waals surface area (Å²) in [7, 11) is 1.68. The van der Waals surface area contributed by atoms with Crippen LogP contribution in [0.5, 0.6) is 0 Å². The van der Waals surface area contributed by atoms with Gasteiger partial charge in [-0.2, -0.15) is 0 Å². The number of benzene rings is 1. The summed E-state index contributed by atoms with van der Waals surface area (Å²) in [5.74, 6) is 0.169. The van der Waals surface area contributed by atoms with Crippen LogP contribution < -0.4 is 4.90 Å². The second-order valence-electron chi connectivity index (χ2n) is 9.96. The van der Waals surface area contributed by atoms with Crippen LogP contribution in [0.2, 0.25) is 0 Å². The van der Waals surface area contributed by atoms with Gasteiger partial charge in [0.2, 0.25) is 5.95 Å². The molecule has 1 aliphatic rings. The summed E-state index contributed by atoms with van der Waals surface area (Å²) < 4.78 is 5.37. The zero-order chi connectivity index (χ0) is 24.7. The lowest BCUT2D eigenvalue weighted by Crippen LogP contribution is -2.36. The van der Waals surface area contributed by atoms with Crippen LogP contribution in [-0.2, 0) is 17.6 Å². The van der Waals surface area contributed by atoms with E-state index in [0.717, 1.165) is 32.4 Å². The Kier molecular flexibility index (Phi) is 8.47. The van der Waals surface area contributed by atoms with Crippen LogP contribution in [0.1, 0.15) is 61.6 Å². The van der Waals surface area contributed by atoms with Gasteiger partial charge in [0.1, 0.15) is 5.60 Å². The molecular weight excluding hydrogens is 432 g/mol. The molecule has 0 spiro atoms. The minimum Gasteiger partial charge on any atom is -0.478 e. The molecule has 184 valence electrons. The van der Waals surface area contributed by atoms with Gasteiger partial charge >= 0.3 is 12.1 Å². The summed E-state index contributed by atoms with van der Waals surface area (Å²) >= 11 is 0. The highest BCUT2D eigenvalue weighted by atomic mass is 16.6. The molecule has 8 nitrogen and oxygen atoms in total. The Bertz CT molecular complexity index is 967. The van der Waals surface area contributed by atoms with Gasteiger partial charge in [0.05, 0.1) is 11.3 Å². The summed E-state index contributed by atoms with van der Waals surface area (Å²) in [5, 5.41) is 9.59. The number of hydrogen-bond donors (Lipinski definition) is 1. The Morgan fingerprint density at radius 1 is 1.18 bits per heavy atom. The number of ether oxygens (including phenoxy) is 1. The van der Waals surface area contributed by atoms with Gasteiger partial charge in [0.25, 0.3) is 0 Å². The van der Waals surface area contributed by atoms with E-state index in [1.54, 1.807) is 7.05 Å². The first kappa shape index (κ1) is 25.5. The largest absolute Gasteiger partial charge is 0.478 e. The van der Waals surface area contributed by atoms with Crippen molar-refractivity contribution < 1.29 is 19.4 Å². The quantitative estimate of drug-likeness (QED) is 0.612. The van der Waals surface area contributed by atoms with Crippen LogP contribution in [0.25, 0.3) is 0 Å². The smallest absolute Gasteiger partial charge is 0.410 e. The molecular formula is C26H36N4O4. The summed E-state index contributed by atoms with van der Waals surface area (Å²) in [6.07, 6.45) is 5.20. The molecule has 1 N–H and O–H groups in total. The van der Waals surface area contributed by atoms with Gasteiger partial charge in [-0.05, 0) is 64.4 Å². The van der Waals surface area contributed by atoms with Crippen LogP contribution in [0, 0.1) is 5.92 Å². The first-order chi connectivity index (χ1) is 16.1. The fourth-order valence-electron chi connectivity index (χ4n) is 4.13. The number of aromatic nitrogens is 2. The maximum absolute atomic E-state index is 12.2. The number of rotatable bonds is 8. The summed E-state index contributed by atoms with van der Waals surface area (Å²) in [6, 6.07) is 10.5. The van der Waals surface area contributed by atoms with Crippen molar-refractivity contribution in [2.75, 3.05) is 31.6 Å². The van der Waals surface area contributed by atoms with E-state index in [4.69, 9.17) is 4.74 Å². The van der Waals surface area contributed by atoms with Crippen molar-refractivity contribution in [3.05, 3.63) is 53.3 Å². The van der Waals surface area contributed by atoms with Crippen molar-refractivity contribution in [2.24, 2.45) is 5.92 Å². The van der Waals surface area contributed by atoms with E-state index in [1.165, 1.54) is 16.7 Å². The Hall–Kier alpha value is -3.16. The van der Waals surface area contributed by atoms with E-state index < -0.39 is 17.7 Å². The molecule has 3 rings (SSSR count). The normalized spacial score (nSPS) is 14.6. The number of aryl methyl sites for hydroxylation is 1. The molecule has 0 aliphatic carbocycles. The second-order valence-corrected chi connectivity index (χ2v) is 9.96. The SMILES string of the molecule is CN(CCCc1nc(N2CCC(Cc3ccccc3)CC2)ncc1C(=O)O)C(=O)OC(C)(C)C. The maximum Gasteiger partial charge on any atom is 0.410 e. The summed E-state index contributed by atoms with van der Waals surface area (Å²) in [6.45, 7) is 7.62. The molecule has 0 bridgehead atoms. The third kappa shape index (κ3) is 7.43. The van der Waals surface area contributed by atoms with Crippen LogP contribution in [0.15, 0.2) is 36.5 Å². The van der Waals surface area contributed by atoms with Gasteiger partial charge in [-0.1, -0.05) is 30.3 Å². The molecule has 0 radical (unpaired) electrons. The number of amides is 1. The van der Waals surface area contributed by atoms with Gasteiger partial charge in [0.15, 0.2) is 0 Å². The van der Waals surface area contributed by atoms with E-state index in [1.807, 2.05) is 26.8 Å². The lowest BCUT2D eigenvalue weighted by atomic mass is 9.90. The van der Waals surface area contributed by atoms with Gasteiger partial charge in [-0.25, -0.2) is 19.6 Å². The van der Waals surface area contributed by atoms with Crippen molar-refractivity contribution in [3.8, 4) is 0 Å². The van der Waals surface area contributed by atoms with Gasteiger partial charge in [-0.3, -0.25) is 0 Å². The molecule has 0 unspecified atom stereocenters. The second kappa shape index (κ2) is 11.3. The number of anilines is 1. The molecule has 8 heteroatoms. The first-order valence-corrected chi connectivity index (χ1v) is 11.9. The molecule has 1 saturated heterocycles. The molecule has 0 saturated carbocycles. The van der Waals surface area contributed by atoms with Crippen molar-refractivity contribution >= 4 is 18.0 Å². The van der Waals surface area contributed by atoms with E-state index >= 15 is 0 Å². The van der Waals surface area contributed by atoms with Crippen LogP contribution >= 0.6 is 0 Å². The molecule has 1 aromatic heterocycles. The van der Waals surface area contributed by atoms with Crippen molar-refractivity contribution in [1.29, 1.82) is 0 Å². The molecule has 0 atom stereocenters. The molecule has 34 heavy (non-hydrogen) atoms. The van der Waals surface area contributed by atoms with Crippen molar-refractivity contribution in [3.63, 3.8) is 0 Å². The van der Waals surface area contributed by atoms with Gasteiger partial charge in [0, 0.05) is 32.9 Å². The molecule has 1 aliphatic heterocycles. The lowest BCUT2D eigenvalue weighted by Gasteiger charge is -2.32. The van der Waals surface area contributed by atoms with E-state index in [9.17, 15) is 14.7 Å². The number of hydrogen-bond acceptors (Lipinski definition) is 6. The number of aromatic carboxylic acids is 1. The molecule has 1 fully saturated rings. The lowest BCUT2D eigenvalue weighted by molar-refractivity contribution is 0.0296. The highest BCUT2D eigenvalue weighted by Crippen LogP contribution is 2.25. The highest BCUT2D eigenvalue weighted by Gasteiger charge is 2.23. The minimum atomic E-state index is -1.04. The molecule has 1 aromatic carbocycles. The van der Waals surface area contributed by atoms with Crippen LogP contribution in [0.3, 0.4) is 0 Å². The van der Waals surface area contributed by atoms with Gasteiger partial charge in [-0.15, -0.1) is 0 Å². The van der Waals surface area contributed by atoms with E-state index in [0.29, 0.717) is 36.9 Å². The zero-order valence-corrected chi connectivity index (χ0v) is 20.7. The average Bonchev–Trinajstić information content (AvgIpc) is 2.79. The summed E-state index contributed by atoms with van der Waals surface area (Å²) in [4.78, 5) is 36.5. The third-order valence-corrected chi connectivity index (χ3v) is 5.96. The maximum atomic E-state index is 12.2. The van der Waals surface area contributed by atoms with Crippen molar-refractivity contribution in [1.82, 2.24) is 14.9 Å². The predicted octanol–water partition coefficient (Wildman–Crippen LogP) is 4.43. The predicted molar refractivity (Wildman–Crippen MR) is 131 cm³/mol. The molecule has 2 heterocycles. The van der Waals surface area contributed by atoms with Crippen molar-refractivity contribution in [2.45, 2.75) is 58.5 Å². The topological polar surface area (TPSA) is 95.9 Å². The van der Waals surface area contributed by atoms with E-state index in [-0.39, 0.29) is 5.56 Å². The summed E-state index contributed by atoms with van der Waals surface area (Å²) in [5.41, 5.74) is 1.42. The Morgan fingerprint density at radius 3 is 2.47 bits per heavy atom. The zero-order valence-electron chi connectivity index (χ0n) is 20.7. The highest BCUT2D eigenvalue weighted by molar-refractivity contribution is 5.88. The number of nitrogens with zero attached hydrogens (tertiary/aromatic N) is 4. The first-order valence-electron chi connectivity index (χ1n) is 11.9. The number of carboxylic acid groups (broad SMARTS) is 1. The molecule has 2 aromatic rings. The standard InChI is InChI=1S/C26H36N4O4/c1-26(2,3)34-25(33)29(4)14-8-11-22-21(23(31)32)18-27-24(28-22)30-15-12-20(13-16-30)17-19-9-6-5-7-10-19/h5-7,9-10,18,20H,8,11-17H2,1-4H3,(H,31,32).